The highest BCUT2D eigenvalue weighted by molar-refractivity contribution is 9.10. The molecule has 0 aliphatic carbocycles. The van der Waals surface area contributed by atoms with E-state index in [9.17, 15) is 18.0 Å². The molecule has 11 heteroatoms. The van der Waals surface area contributed by atoms with Gasteiger partial charge in [-0.2, -0.15) is 0 Å². The van der Waals surface area contributed by atoms with E-state index in [1.807, 2.05) is 45.0 Å². The molecule has 1 heterocycles. The van der Waals surface area contributed by atoms with Crippen LogP contribution in [-0.2, 0) is 26.2 Å². The molecule has 9 nitrogen and oxygen atoms in total. The van der Waals surface area contributed by atoms with Gasteiger partial charge in [-0.05, 0) is 63.9 Å². The molecule has 0 saturated carbocycles. The van der Waals surface area contributed by atoms with E-state index < -0.39 is 21.6 Å². The fraction of sp³-hybridized carbons (Fsp3) is 0.462. The van der Waals surface area contributed by atoms with Crippen molar-refractivity contribution in [3.8, 4) is 11.5 Å². The number of ether oxygens (including phenoxy) is 2. The molecule has 1 atom stereocenters. The summed E-state index contributed by atoms with van der Waals surface area (Å²) in [7, 11) is -3.61. The predicted octanol–water partition coefficient (Wildman–Crippen LogP) is 4.06. The fourth-order valence-corrected chi connectivity index (χ4v) is 5.34. The summed E-state index contributed by atoms with van der Waals surface area (Å²) in [4.78, 5) is 27.9. The molecule has 0 fully saturated rings. The maximum absolute atomic E-state index is 13.4. The van der Waals surface area contributed by atoms with Crippen LogP contribution < -0.4 is 19.1 Å². The molecule has 2 amide bonds. The lowest BCUT2D eigenvalue weighted by Gasteiger charge is -2.32. The molecule has 0 unspecified atom stereocenters. The zero-order valence-corrected chi connectivity index (χ0v) is 24.2. The number of nitrogens with zero attached hydrogens (tertiary/aromatic N) is 2. The quantitative estimate of drug-likeness (QED) is 0.444. The van der Waals surface area contributed by atoms with Gasteiger partial charge in [0.05, 0.1) is 11.9 Å². The van der Waals surface area contributed by atoms with Gasteiger partial charge in [-0.25, -0.2) is 8.42 Å². The topological polar surface area (TPSA) is 105 Å². The lowest BCUT2D eigenvalue weighted by atomic mass is 10.1. The minimum atomic E-state index is -3.61. The Balaban J connectivity index is 1.74. The average Bonchev–Trinajstić information content (AvgIpc) is 3.25. The second-order valence-corrected chi connectivity index (χ2v) is 12.9. The number of benzene rings is 2. The molecular formula is C26H34BrN3O6S. The zero-order valence-electron chi connectivity index (χ0n) is 21.8. The Labute approximate surface area is 227 Å². The van der Waals surface area contributed by atoms with Gasteiger partial charge in [-0.3, -0.25) is 13.9 Å². The Morgan fingerprint density at radius 3 is 2.46 bits per heavy atom. The maximum atomic E-state index is 13.4. The van der Waals surface area contributed by atoms with Crippen LogP contribution >= 0.6 is 15.9 Å². The Morgan fingerprint density at radius 1 is 1.11 bits per heavy atom. The lowest BCUT2D eigenvalue weighted by molar-refractivity contribution is -0.141. The highest BCUT2D eigenvalue weighted by atomic mass is 79.9. The highest BCUT2D eigenvalue weighted by Gasteiger charge is 2.29. The number of carbonyl (C=O) groups excluding carboxylic acids is 2. The minimum absolute atomic E-state index is 0.0672. The second-order valence-electron chi connectivity index (χ2n) is 10.0. The van der Waals surface area contributed by atoms with Crippen LogP contribution in [-0.4, -0.2) is 56.3 Å². The van der Waals surface area contributed by atoms with Gasteiger partial charge in [0.15, 0.2) is 11.5 Å². The fourth-order valence-electron chi connectivity index (χ4n) is 3.93. The first-order valence-electron chi connectivity index (χ1n) is 12.0. The molecular weight excluding hydrogens is 562 g/mol. The lowest BCUT2D eigenvalue weighted by Crippen LogP contribution is -2.52. The molecule has 0 radical (unpaired) electrons. The number of carbonyl (C=O) groups is 2. The summed E-state index contributed by atoms with van der Waals surface area (Å²) in [5, 5.41) is 2.94. The van der Waals surface area contributed by atoms with Gasteiger partial charge in [0.1, 0.15) is 6.04 Å². The molecule has 1 N–H and O–H groups in total. The van der Waals surface area contributed by atoms with Crippen LogP contribution in [0.4, 0.5) is 5.69 Å². The van der Waals surface area contributed by atoms with Crippen LogP contribution in [0.15, 0.2) is 46.9 Å². The number of anilines is 1. The Morgan fingerprint density at radius 2 is 1.81 bits per heavy atom. The van der Waals surface area contributed by atoms with Crippen LogP contribution in [0.1, 0.15) is 46.1 Å². The number of fused-ring (bicyclic) bond motifs is 1. The minimum Gasteiger partial charge on any atom is -0.454 e. The SMILES string of the molecule is C[C@H](C(=O)NC(C)(C)C)N(Cc1cccc(Br)c1)C(=O)CCCN(c1ccc2c(c1)OCO2)S(C)(=O)=O. The third kappa shape index (κ3) is 8.10. The average molecular weight is 597 g/mol. The predicted molar refractivity (Wildman–Crippen MR) is 146 cm³/mol. The Bertz CT molecular complexity index is 1250. The van der Waals surface area contributed by atoms with Crippen molar-refractivity contribution in [1.82, 2.24) is 10.2 Å². The van der Waals surface area contributed by atoms with Crippen molar-refractivity contribution in [2.24, 2.45) is 0 Å². The monoisotopic (exact) mass is 595 g/mol. The Kier molecular flexibility index (Phi) is 9.12. The van der Waals surface area contributed by atoms with Crippen molar-refractivity contribution in [1.29, 1.82) is 0 Å². The number of rotatable bonds is 10. The first-order chi connectivity index (χ1) is 17.2. The molecule has 2 aromatic carbocycles. The standard InChI is InChI=1S/C26H34BrN3O6S/c1-18(25(32)28-26(2,3)4)29(16-19-8-6-9-20(27)14-19)24(31)10-7-13-30(37(5,33)34)21-11-12-22-23(15-21)36-17-35-22/h6,8-9,11-12,14-15,18H,7,10,13,16-17H2,1-5H3,(H,28,32)/t18-/m1/s1. The summed E-state index contributed by atoms with van der Waals surface area (Å²) < 4.78 is 37.9. The third-order valence-electron chi connectivity index (χ3n) is 5.70. The summed E-state index contributed by atoms with van der Waals surface area (Å²) in [6, 6.07) is 11.8. The summed E-state index contributed by atoms with van der Waals surface area (Å²) in [6.45, 7) is 7.77. The first-order valence-corrected chi connectivity index (χ1v) is 14.6. The van der Waals surface area contributed by atoms with E-state index in [4.69, 9.17) is 9.47 Å². The molecule has 0 spiro atoms. The maximum Gasteiger partial charge on any atom is 0.242 e. The summed E-state index contributed by atoms with van der Waals surface area (Å²) in [6.07, 6.45) is 1.46. The van der Waals surface area contributed by atoms with E-state index in [1.54, 1.807) is 25.1 Å². The number of hydrogen-bond acceptors (Lipinski definition) is 6. The van der Waals surface area contributed by atoms with E-state index in [0.717, 1.165) is 16.3 Å². The van der Waals surface area contributed by atoms with Crippen molar-refractivity contribution < 1.29 is 27.5 Å². The number of nitrogens with one attached hydrogen (secondary N) is 1. The third-order valence-corrected chi connectivity index (χ3v) is 7.39. The van der Waals surface area contributed by atoms with Gasteiger partial charge in [-0.1, -0.05) is 28.1 Å². The molecule has 0 bridgehead atoms. The van der Waals surface area contributed by atoms with Crippen molar-refractivity contribution in [2.75, 3.05) is 23.9 Å². The van der Waals surface area contributed by atoms with Crippen molar-refractivity contribution in [3.63, 3.8) is 0 Å². The van der Waals surface area contributed by atoms with Gasteiger partial charge >= 0.3 is 0 Å². The van der Waals surface area contributed by atoms with Gasteiger partial charge in [0, 0.05) is 35.6 Å². The number of halogens is 1. The number of sulfonamides is 1. The van der Waals surface area contributed by atoms with E-state index in [0.29, 0.717) is 17.2 Å². The van der Waals surface area contributed by atoms with E-state index >= 15 is 0 Å². The normalized spacial score (nSPS) is 13.7. The molecule has 1 aliphatic heterocycles. The van der Waals surface area contributed by atoms with Gasteiger partial charge in [0.2, 0.25) is 28.6 Å². The largest absolute Gasteiger partial charge is 0.454 e. The summed E-state index contributed by atoms with van der Waals surface area (Å²) >= 11 is 3.45. The van der Waals surface area contributed by atoms with Crippen LogP contribution in [0.5, 0.6) is 11.5 Å². The van der Waals surface area contributed by atoms with Crippen LogP contribution in [0, 0.1) is 0 Å². The summed E-state index contributed by atoms with van der Waals surface area (Å²) in [5.41, 5.74) is 0.857. The molecule has 3 rings (SSSR count). The number of hydrogen-bond donors (Lipinski definition) is 1. The molecule has 0 saturated heterocycles. The summed E-state index contributed by atoms with van der Waals surface area (Å²) in [5.74, 6) is 0.531. The first kappa shape index (κ1) is 28.8. The van der Waals surface area contributed by atoms with E-state index in [-0.39, 0.29) is 44.5 Å². The van der Waals surface area contributed by atoms with Crippen molar-refractivity contribution in [2.45, 2.75) is 58.7 Å². The molecule has 1 aliphatic rings. The number of amides is 2. The van der Waals surface area contributed by atoms with Crippen LogP contribution in [0.2, 0.25) is 0 Å². The van der Waals surface area contributed by atoms with Gasteiger partial charge in [-0.15, -0.1) is 0 Å². The van der Waals surface area contributed by atoms with E-state index in [1.165, 1.54) is 9.21 Å². The zero-order chi connectivity index (χ0) is 27.4. The van der Waals surface area contributed by atoms with E-state index in [2.05, 4.69) is 21.2 Å². The highest BCUT2D eigenvalue weighted by Crippen LogP contribution is 2.36. The van der Waals surface area contributed by atoms with Gasteiger partial charge in [0.25, 0.3) is 0 Å². The molecule has 202 valence electrons. The molecule has 37 heavy (non-hydrogen) atoms. The Hall–Kier alpha value is -2.79. The van der Waals surface area contributed by atoms with Crippen LogP contribution in [0.3, 0.4) is 0 Å². The molecule has 2 aromatic rings. The van der Waals surface area contributed by atoms with Gasteiger partial charge < -0.3 is 19.7 Å². The van der Waals surface area contributed by atoms with Crippen molar-refractivity contribution in [3.05, 3.63) is 52.5 Å². The van der Waals surface area contributed by atoms with Crippen LogP contribution in [0.25, 0.3) is 0 Å². The smallest absolute Gasteiger partial charge is 0.242 e. The molecule has 0 aromatic heterocycles. The van der Waals surface area contributed by atoms with Crippen molar-refractivity contribution >= 4 is 43.5 Å². The second kappa shape index (κ2) is 11.7.